The molecule has 0 aliphatic rings. The van der Waals surface area contributed by atoms with Crippen LogP contribution in [0.15, 0.2) is 59.1 Å². The SMILES string of the molecule is CCCn1nc(Cc2ccccc2)c(C(=O)OCC)c1Cc1ccc(Br)cc1. The van der Waals surface area contributed by atoms with E-state index in [9.17, 15) is 4.79 Å². The Morgan fingerprint density at radius 1 is 1.00 bits per heavy atom. The van der Waals surface area contributed by atoms with Crippen LogP contribution in [0, 0.1) is 0 Å². The first kappa shape index (κ1) is 20.3. The first-order chi connectivity index (χ1) is 13.6. The second kappa shape index (κ2) is 9.69. The van der Waals surface area contributed by atoms with E-state index in [1.165, 1.54) is 0 Å². The Morgan fingerprint density at radius 2 is 1.68 bits per heavy atom. The average Bonchev–Trinajstić information content (AvgIpc) is 3.01. The minimum atomic E-state index is -0.289. The number of aromatic nitrogens is 2. The van der Waals surface area contributed by atoms with Gasteiger partial charge >= 0.3 is 5.97 Å². The fraction of sp³-hybridized carbons (Fsp3) is 0.304. The summed E-state index contributed by atoms with van der Waals surface area (Å²) in [4.78, 5) is 12.9. The van der Waals surface area contributed by atoms with E-state index in [4.69, 9.17) is 9.84 Å². The van der Waals surface area contributed by atoms with Crippen LogP contribution in [0.3, 0.4) is 0 Å². The molecule has 0 amide bonds. The number of benzene rings is 2. The van der Waals surface area contributed by atoms with Gasteiger partial charge in [0.1, 0.15) is 5.56 Å². The molecule has 0 saturated carbocycles. The van der Waals surface area contributed by atoms with Crippen LogP contribution >= 0.6 is 15.9 Å². The monoisotopic (exact) mass is 440 g/mol. The molecule has 0 N–H and O–H groups in total. The zero-order valence-corrected chi connectivity index (χ0v) is 17.9. The van der Waals surface area contributed by atoms with Crippen LogP contribution in [0.1, 0.15) is 53.1 Å². The molecule has 1 aromatic heterocycles. The van der Waals surface area contributed by atoms with Gasteiger partial charge in [0, 0.05) is 23.9 Å². The maximum absolute atomic E-state index is 12.9. The lowest BCUT2D eigenvalue weighted by Gasteiger charge is -2.09. The molecule has 3 rings (SSSR count). The predicted octanol–water partition coefficient (Wildman–Crippen LogP) is 5.41. The highest BCUT2D eigenvalue weighted by molar-refractivity contribution is 9.10. The Kier molecular flexibility index (Phi) is 7.04. The van der Waals surface area contributed by atoms with Gasteiger partial charge in [0.05, 0.1) is 18.0 Å². The lowest BCUT2D eigenvalue weighted by Crippen LogP contribution is -2.12. The summed E-state index contributed by atoms with van der Waals surface area (Å²) in [7, 11) is 0. The first-order valence-corrected chi connectivity index (χ1v) is 10.5. The molecule has 0 atom stereocenters. The third-order valence-electron chi connectivity index (χ3n) is 4.54. The lowest BCUT2D eigenvalue weighted by molar-refractivity contribution is 0.0524. The van der Waals surface area contributed by atoms with Crippen molar-refractivity contribution in [2.75, 3.05) is 6.61 Å². The third-order valence-corrected chi connectivity index (χ3v) is 5.07. The molecule has 146 valence electrons. The first-order valence-electron chi connectivity index (χ1n) is 9.66. The number of nitrogens with zero attached hydrogens (tertiary/aromatic N) is 2. The van der Waals surface area contributed by atoms with Gasteiger partial charge < -0.3 is 4.74 Å². The molecule has 1 heterocycles. The number of carbonyl (C=O) groups is 1. The summed E-state index contributed by atoms with van der Waals surface area (Å²) >= 11 is 3.48. The van der Waals surface area contributed by atoms with Gasteiger partial charge in [-0.3, -0.25) is 4.68 Å². The number of rotatable bonds is 8. The lowest BCUT2D eigenvalue weighted by atomic mass is 10.0. The largest absolute Gasteiger partial charge is 0.462 e. The standard InChI is InChI=1S/C23H25BrN2O2/c1-3-14-26-21(16-18-10-12-19(24)13-11-18)22(23(27)28-4-2)20(25-26)15-17-8-6-5-7-9-17/h5-13H,3-4,14-16H2,1-2H3. The molecule has 3 aromatic rings. The summed E-state index contributed by atoms with van der Waals surface area (Å²) in [5, 5.41) is 4.82. The highest BCUT2D eigenvalue weighted by Gasteiger charge is 2.25. The highest BCUT2D eigenvalue weighted by atomic mass is 79.9. The van der Waals surface area contributed by atoms with Crippen molar-refractivity contribution in [1.29, 1.82) is 0 Å². The second-order valence-corrected chi connectivity index (χ2v) is 7.59. The summed E-state index contributed by atoms with van der Waals surface area (Å²) < 4.78 is 8.41. The quantitative estimate of drug-likeness (QED) is 0.439. The molecule has 0 spiro atoms. The van der Waals surface area contributed by atoms with E-state index in [-0.39, 0.29) is 5.97 Å². The zero-order valence-electron chi connectivity index (χ0n) is 16.3. The number of halogens is 1. The van der Waals surface area contributed by atoms with Gasteiger partial charge in [-0.25, -0.2) is 4.79 Å². The molecule has 0 radical (unpaired) electrons. The van der Waals surface area contributed by atoms with Crippen molar-refractivity contribution >= 4 is 21.9 Å². The van der Waals surface area contributed by atoms with Gasteiger partial charge in [0.2, 0.25) is 0 Å². The number of ether oxygens (including phenoxy) is 1. The maximum Gasteiger partial charge on any atom is 0.341 e. The number of carbonyl (C=O) groups excluding carboxylic acids is 1. The maximum atomic E-state index is 12.9. The van der Waals surface area contributed by atoms with E-state index in [1.807, 2.05) is 41.9 Å². The number of hydrogen-bond donors (Lipinski definition) is 0. The molecule has 0 unspecified atom stereocenters. The van der Waals surface area contributed by atoms with Gasteiger partial charge in [-0.2, -0.15) is 5.10 Å². The van der Waals surface area contributed by atoms with Gasteiger partial charge in [0.25, 0.3) is 0 Å². The van der Waals surface area contributed by atoms with Crippen LogP contribution in [0.4, 0.5) is 0 Å². The van der Waals surface area contributed by atoms with Crippen molar-refractivity contribution in [3.8, 4) is 0 Å². The van der Waals surface area contributed by atoms with E-state index >= 15 is 0 Å². The van der Waals surface area contributed by atoms with Gasteiger partial charge in [-0.1, -0.05) is 65.3 Å². The minimum Gasteiger partial charge on any atom is -0.462 e. The predicted molar refractivity (Wildman–Crippen MR) is 115 cm³/mol. The third kappa shape index (κ3) is 4.90. The van der Waals surface area contributed by atoms with Crippen molar-refractivity contribution in [2.24, 2.45) is 0 Å². The Morgan fingerprint density at radius 3 is 2.32 bits per heavy atom. The van der Waals surface area contributed by atoms with Crippen molar-refractivity contribution in [2.45, 2.75) is 39.7 Å². The Hall–Kier alpha value is -2.40. The van der Waals surface area contributed by atoms with Crippen LogP contribution in [0.2, 0.25) is 0 Å². The summed E-state index contributed by atoms with van der Waals surface area (Å²) in [5.74, 6) is -0.289. The smallest absolute Gasteiger partial charge is 0.341 e. The molecule has 2 aromatic carbocycles. The average molecular weight is 441 g/mol. The van der Waals surface area contributed by atoms with E-state index in [0.29, 0.717) is 25.0 Å². The van der Waals surface area contributed by atoms with Crippen molar-refractivity contribution in [3.05, 3.63) is 87.1 Å². The van der Waals surface area contributed by atoms with Crippen LogP contribution in [-0.4, -0.2) is 22.4 Å². The topological polar surface area (TPSA) is 44.1 Å². The molecule has 5 heteroatoms. The fourth-order valence-corrected chi connectivity index (χ4v) is 3.54. The Labute approximate surface area is 174 Å². The molecule has 0 saturated heterocycles. The second-order valence-electron chi connectivity index (χ2n) is 6.68. The van der Waals surface area contributed by atoms with E-state index < -0.39 is 0 Å². The molecule has 0 fully saturated rings. The summed E-state index contributed by atoms with van der Waals surface area (Å²) in [6.07, 6.45) is 2.20. The normalized spacial score (nSPS) is 10.8. The van der Waals surface area contributed by atoms with Crippen LogP contribution in [0.25, 0.3) is 0 Å². The van der Waals surface area contributed by atoms with Crippen molar-refractivity contribution in [1.82, 2.24) is 9.78 Å². The van der Waals surface area contributed by atoms with E-state index in [2.05, 4.69) is 47.1 Å². The number of esters is 1. The van der Waals surface area contributed by atoms with Crippen LogP contribution in [-0.2, 0) is 24.1 Å². The molecule has 28 heavy (non-hydrogen) atoms. The molecular weight excluding hydrogens is 416 g/mol. The highest BCUT2D eigenvalue weighted by Crippen LogP contribution is 2.23. The Bertz CT molecular complexity index is 918. The summed E-state index contributed by atoms with van der Waals surface area (Å²) in [5.41, 5.74) is 4.59. The summed E-state index contributed by atoms with van der Waals surface area (Å²) in [6, 6.07) is 18.3. The van der Waals surface area contributed by atoms with Crippen molar-refractivity contribution < 1.29 is 9.53 Å². The van der Waals surface area contributed by atoms with Gasteiger partial charge in [-0.15, -0.1) is 0 Å². The van der Waals surface area contributed by atoms with Crippen LogP contribution in [0.5, 0.6) is 0 Å². The number of hydrogen-bond acceptors (Lipinski definition) is 3. The van der Waals surface area contributed by atoms with E-state index in [0.717, 1.165) is 40.0 Å². The molecule has 0 aliphatic carbocycles. The van der Waals surface area contributed by atoms with E-state index in [1.54, 1.807) is 0 Å². The molecule has 0 bridgehead atoms. The van der Waals surface area contributed by atoms with Gasteiger partial charge in [0.15, 0.2) is 0 Å². The summed E-state index contributed by atoms with van der Waals surface area (Å²) in [6.45, 7) is 5.07. The van der Waals surface area contributed by atoms with Gasteiger partial charge in [-0.05, 0) is 36.6 Å². The van der Waals surface area contributed by atoms with Crippen molar-refractivity contribution in [3.63, 3.8) is 0 Å². The minimum absolute atomic E-state index is 0.289. The Balaban J connectivity index is 2.05. The molecule has 0 aliphatic heterocycles. The van der Waals surface area contributed by atoms with Crippen LogP contribution < -0.4 is 0 Å². The molecular formula is C23H25BrN2O2. The zero-order chi connectivity index (χ0) is 19.9. The molecule has 4 nitrogen and oxygen atoms in total. The fourth-order valence-electron chi connectivity index (χ4n) is 3.28. The number of aryl methyl sites for hydroxylation is 1.